The van der Waals surface area contributed by atoms with Crippen LogP contribution in [0.1, 0.15) is 5.56 Å². The summed E-state index contributed by atoms with van der Waals surface area (Å²) in [6.45, 7) is 0. The Morgan fingerprint density at radius 1 is 1.22 bits per heavy atom. The van der Waals surface area contributed by atoms with E-state index in [0.717, 1.165) is 0 Å². The van der Waals surface area contributed by atoms with E-state index in [1.807, 2.05) is 12.1 Å². The maximum atomic E-state index is 9.79. The topological polar surface area (TPSA) is 86.4 Å². The number of aromatic amines is 1. The highest BCUT2D eigenvalue weighted by Crippen LogP contribution is 2.26. The van der Waals surface area contributed by atoms with Gasteiger partial charge in [-0.2, -0.15) is 14.9 Å². The number of hydrogen-bond donors (Lipinski definition) is 3. The van der Waals surface area contributed by atoms with Gasteiger partial charge in [-0.15, -0.1) is 0 Å². The van der Waals surface area contributed by atoms with Crippen molar-refractivity contribution in [2.45, 2.75) is 0 Å². The molecule has 3 aromatic rings. The number of nitrogens with zero attached hydrogens (tertiary/aromatic N) is 3. The molecule has 116 valence electrons. The summed E-state index contributed by atoms with van der Waals surface area (Å²) in [5.41, 5.74) is 1.10. The molecule has 0 fully saturated rings. The number of aromatic hydroxyl groups is 2. The van der Waals surface area contributed by atoms with Crippen molar-refractivity contribution in [1.29, 1.82) is 0 Å². The maximum absolute atomic E-state index is 9.79. The first-order valence-electron chi connectivity index (χ1n) is 6.55. The molecule has 23 heavy (non-hydrogen) atoms. The van der Waals surface area contributed by atoms with E-state index in [0.29, 0.717) is 22.0 Å². The fourth-order valence-electron chi connectivity index (χ4n) is 1.98. The lowest BCUT2D eigenvalue weighted by Gasteiger charge is -2.03. The van der Waals surface area contributed by atoms with Gasteiger partial charge in [0.25, 0.3) is 0 Å². The smallest absolute Gasteiger partial charge is 0.216 e. The molecule has 0 bridgehead atoms. The Labute approximate surface area is 141 Å². The fraction of sp³-hybridized carbons (Fsp3) is 0. The number of rotatable bonds is 3. The van der Waals surface area contributed by atoms with Gasteiger partial charge in [-0.05, 0) is 36.5 Å². The second kappa shape index (κ2) is 6.23. The van der Waals surface area contributed by atoms with Crippen LogP contribution in [0, 0.1) is 4.77 Å². The number of hydrogen-bond acceptors (Lipinski definition) is 5. The highest BCUT2D eigenvalue weighted by Gasteiger charge is 2.11. The summed E-state index contributed by atoms with van der Waals surface area (Å²) < 4.78 is 1.69. The van der Waals surface area contributed by atoms with E-state index < -0.39 is 0 Å². The molecule has 0 aliphatic carbocycles. The van der Waals surface area contributed by atoms with Gasteiger partial charge in [0.15, 0.2) is 5.82 Å². The Bertz CT molecular complexity index is 949. The first-order valence-corrected chi connectivity index (χ1v) is 7.33. The molecule has 3 N–H and O–H groups in total. The van der Waals surface area contributed by atoms with Crippen molar-refractivity contribution in [3.63, 3.8) is 0 Å². The fourth-order valence-corrected chi connectivity index (χ4v) is 2.38. The number of aromatic nitrogens is 3. The number of nitrogens with one attached hydrogen (secondary N) is 1. The minimum atomic E-state index is -0.0944. The molecule has 0 unspecified atom stereocenters. The Kier molecular flexibility index (Phi) is 4.14. The highest BCUT2D eigenvalue weighted by atomic mass is 35.5. The standard InChI is InChI=1S/C15H11ClN4O2S/c16-12-4-2-1-3-11(12)14-18-19-15(23)20(14)17-8-9-5-6-10(21)7-13(9)22/h1-8,21-22H,(H,19,23)/b17-8+. The van der Waals surface area contributed by atoms with E-state index in [4.69, 9.17) is 23.8 Å². The molecule has 2 aromatic carbocycles. The summed E-state index contributed by atoms with van der Waals surface area (Å²) in [6.07, 6.45) is 1.42. The molecule has 8 heteroatoms. The first kappa shape index (κ1) is 15.3. The van der Waals surface area contributed by atoms with Crippen molar-refractivity contribution in [1.82, 2.24) is 14.9 Å². The molecule has 0 amide bonds. The molecule has 0 aliphatic rings. The summed E-state index contributed by atoms with van der Waals surface area (Å²) in [7, 11) is 0. The molecule has 0 saturated carbocycles. The van der Waals surface area contributed by atoms with Crippen LogP contribution in [0.3, 0.4) is 0 Å². The first-order chi connectivity index (χ1) is 11.1. The van der Waals surface area contributed by atoms with Crippen LogP contribution in [0.4, 0.5) is 0 Å². The van der Waals surface area contributed by atoms with Crippen LogP contribution in [0.15, 0.2) is 47.6 Å². The molecule has 1 aromatic heterocycles. The molecule has 6 nitrogen and oxygen atoms in total. The average Bonchev–Trinajstić information content (AvgIpc) is 2.88. The zero-order chi connectivity index (χ0) is 16.4. The maximum Gasteiger partial charge on any atom is 0.216 e. The molecule has 3 rings (SSSR count). The van der Waals surface area contributed by atoms with Gasteiger partial charge in [-0.1, -0.05) is 23.7 Å². The summed E-state index contributed by atoms with van der Waals surface area (Å²) in [5, 5.41) is 30.7. The van der Waals surface area contributed by atoms with E-state index in [9.17, 15) is 10.2 Å². The van der Waals surface area contributed by atoms with E-state index in [1.165, 1.54) is 29.1 Å². The Balaban J connectivity index is 2.04. The third-order valence-electron chi connectivity index (χ3n) is 3.09. The van der Waals surface area contributed by atoms with Gasteiger partial charge in [0.05, 0.1) is 11.2 Å². The summed E-state index contributed by atoms with van der Waals surface area (Å²) in [6, 6.07) is 11.4. The summed E-state index contributed by atoms with van der Waals surface area (Å²) in [4.78, 5) is 0. The predicted molar refractivity (Wildman–Crippen MR) is 90.6 cm³/mol. The minimum Gasteiger partial charge on any atom is -0.508 e. The van der Waals surface area contributed by atoms with Gasteiger partial charge < -0.3 is 10.2 Å². The molecule has 0 radical (unpaired) electrons. The van der Waals surface area contributed by atoms with Crippen molar-refractivity contribution in [2.24, 2.45) is 5.10 Å². The predicted octanol–water partition coefficient (Wildman–Crippen LogP) is 3.55. The lowest BCUT2D eigenvalue weighted by Crippen LogP contribution is -1.95. The molecular weight excluding hydrogens is 336 g/mol. The molecule has 1 heterocycles. The van der Waals surface area contributed by atoms with Crippen molar-refractivity contribution >= 4 is 30.0 Å². The van der Waals surface area contributed by atoms with Gasteiger partial charge in [-0.25, -0.2) is 5.10 Å². The van der Waals surface area contributed by atoms with Crippen LogP contribution >= 0.6 is 23.8 Å². The van der Waals surface area contributed by atoms with E-state index in [1.54, 1.807) is 12.1 Å². The Hall–Kier alpha value is -2.64. The van der Waals surface area contributed by atoms with E-state index in [2.05, 4.69) is 15.3 Å². The third-order valence-corrected chi connectivity index (χ3v) is 3.69. The van der Waals surface area contributed by atoms with Crippen LogP contribution in [0.2, 0.25) is 5.02 Å². The molecule has 0 aliphatic heterocycles. The van der Waals surface area contributed by atoms with Crippen molar-refractivity contribution < 1.29 is 10.2 Å². The van der Waals surface area contributed by atoms with Crippen LogP contribution in [-0.4, -0.2) is 31.3 Å². The number of benzene rings is 2. The monoisotopic (exact) mass is 346 g/mol. The van der Waals surface area contributed by atoms with E-state index >= 15 is 0 Å². The van der Waals surface area contributed by atoms with Gasteiger partial charge in [-0.3, -0.25) is 0 Å². The Morgan fingerprint density at radius 3 is 2.74 bits per heavy atom. The van der Waals surface area contributed by atoms with Crippen molar-refractivity contribution in [3.8, 4) is 22.9 Å². The largest absolute Gasteiger partial charge is 0.508 e. The van der Waals surface area contributed by atoms with Crippen LogP contribution in [-0.2, 0) is 0 Å². The van der Waals surface area contributed by atoms with Gasteiger partial charge in [0.1, 0.15) is 11.5 Å². The average molecular weight is 347 g/mol. The number of phenolic OH excluding ortho intramolecular Hbond substituents is 2. The minimum absolute atomic E-state index is 0.0312. The van der Waals surface area contributed by atoms with Crippen LogP contribution in [0.5, 0.6) is 11.5 Å². The molecular formula is C15H11ClN4O2S. The van der Waals surface area contributed by atoms with Gasteiger partial charge >= 0.3 is 0 Å². The highest BCUT2D eigenvalue weighted by molar-refractivity contribution is 7.71. The summed E-state index contributed by atoms with van der Waals surface area (Å²) in [5.74, 6) is 0.328. The quantitative estimate of drug-likeness (QED) is 0.500. The molecule has 0 saturated heterocycles. The van der Waals surface area contributed by atoms with Crippen LogP contribution < -0.4 is 0 Å². The van der Waals surface area contributed by atoms with Crippen molar-refractivity contribution in [3.05, 3.63) is 57.8 Å². The normalized spacial score (nSPS) is 11.2. The van der Waals surface area contributed by atoms with E-state index in [-0.39, 0.29) is 16.3 Å². The number of phenols is 2. The van der Waals surface area contributed by atoms with Crippen molar-refractivity contribution in [2.75, 3.05) is 0 Å². The SMILES string of the molecule is Oc1ccc(/C=N/n2c(-c3ccccc3Cl)n[nH]c2=S)c(O)c1. The molecule has 0 atom stereocenters. The Morgan fingerprint density at radius 2 is 2.00 bits per heavy atom. The van der Waals surface area contributed by atoms with Crippen LogP contribution in [0.25, 0.3) is 11.4 Å². The second-order valence-corrected chi connectivity index (χ2v) is 5.43. The lowest BCUT2D eigenvalue weighted by atomic mass is 10.2. The van der Waals surface area contributed by atoms with Gasteiger partial charge in [0, 0.05) is 17.2 Å². The third kappa shape index (κ3) is 3.10. The zero-order valence-corrected chi connectivity index (χ0v) is 13.2. The summed E-state index contributed by atoms with van der Waals surface area (Å²) >= 11 is 11.3. The number of H-pyrrole nitrogens is 1. The molecule has 0 spiro atoms. The lowest BCUT2D eigenvalue weighted by molar-refractivity contribution is 0.450. The second-order valence-electron chi connectivity index (χ2n) is 4.63. The van der Waals surface area contributed by atoms with Gasteiger partial charge in [0.2, 0.25) is 4.77 Å². The zero-order valence-electron chi connectivity index (χ0n) is 11.6. The number of halogens is 1.